The molecule has 1 amide bonds. The molecule has 8 nitrogen and oxygen atoms in total. The van der Waals surface area contributed by atoms with E-state index in [1.807, 2.05) is 60.7 Å². The highest BCUT2D eigenvalue weighted by molar-refractivity contribution is 8.01. The number of para-hydroxylation sites is 1. The first-order chi connectivity index (χ1) is 15.5. The van der Waals surface area contributed by atoms with Crippen LogP contribution in [0.25, 0.3) is 0 Å². The second-order valence-corrected chi connectivity index (χ2v) is 11.3. The van der Waals surface area contributed by atoms with Crippen molar-refractivity contribution >= 4 is 49.8 Å². The fourth-order valence-corrected chi connectivity index (χ4v) is 6.46. The SMILES string of the molecule is O=C(CSc1nnc(Nc2ccccc2)s1)N1CCN(S(=O)(=O)Cc2ccccc2)CC1. The van der Waals surface area contributed by atoms with E-state index in [0.29, 0.717) is 35.7 Å². The molecule has 32 heavy (non-hydrogen) atoms. The molecule has 0 spiro atoms. The zero-order valence-electron chi connectivity index (χ0n) is 17.3. The lowest BCUT2D eigenvalue weighted by atomic mass is 10.2. The fraction of sp³-hybridized carbons (Fsp3) is 0.286. The van der Waals surface area contributed by atoms with Gasteiger partial charge < -0.3 is 10.2 Å². The molecule has 4 rings (SSSR count). The van der Waals surface area contributed by atoms with Gasteiger partial charge in [-0.3, -0.25) is 4.79 Å². The van der Waals surface area contributed by atoms with Crippen LogP contribution in [0, 0.1) is 0 Å². The van der Waals surface area contributed by atoms with Crippen LogP contribution >= 0.6 is 23.1 Å². The number of aromatic nitrogens is 2. The monoisotopic (exact) mass is 489 g/mol. The van der Waals surface area contributed by atoms with Crippen molar-refractivity contribution in [2.75, 3.05) is 37.2 Å². The van der Waals surface area contributed by atoms with Gasteiger partial charge >= 0.3 is 0 Å². The molecule has 0 aliphatic carbocycles. The highest BCUT2D eigenvalue weighted by atomic mass is 32.2. The average Bonchev–Trinajstić information content (AvgIpc) is 3.26. The topological polar surface area (TPSA) is 95.5 Å². The van der Waals surface area contributed by atoms with Crippen LogP contribution in [0.4, 0.5) is 10.8 Å². The Morgan fingerprint density at radius 2 is 1.62 bits per heavy atom. The normalized spacial score (nSPS) is 14.9. The van der Waals surface area contributed by atoms with Crippen LogP contribution in [-0.4, -0.2) is 65.7 Å². The van der Waals surface area contributed by atoms with Gasteiger partial charge in [0.2, 0.25) is 21.1 Å². The van der Waals surface area contributed by atoms with E-state index in [1.165, 1.54) is 27.4 Å². The summed E-state index contributed by atoms with van der Waals surface area (Å²) < 4.78 is 27.5. The third-order valence-corrected chi connectivity index (χ3v) is 8.73. The highest BCUT2D eigenvalue weighted by Crippen LogP contribution is 2.28. The number of anilines is 2. The smallest absolute Gasteiger partial charge is 0.233 e. The summed E-state index contributed by atoms with van der Waals surface area (Å²) in [7, 11) is -3.40. The van der Waals surface area contributed by atoms with Gasteiger partial charge in [-0.15, -0.1) is 10.2 Å². The number of thioether (sulfide) groups is 1. The average molecular weight is 490 g/mol. The predicted molar refractivity (Wildman–Crippen MR) is 128 cm³/mol. The lowest BCUT2D eigenvalue weighted by Gasteiger charge is -2.34. The highest BCUT2D eigenvalue weighted by Gasteiger charge is 2.29. The van der Waals surface area contributed by atoms with E-state index in [0.717, 1.165) is 11.3 Å². The van der Waals surface area contributed by atoms with Gasteiger partial charge in [-0.2, -0.15) is 4.31 Å². The molecule has 1 N–H and O–H groups in total. The summed E-state index contributed by atoms with van der Waals surface area (Å²) in [5.74, 6) is 0.202. The van der Waals surface area contributed by atoms with Gasteiger partial charge in [-0.25, -0.2) is 8.42 Å². The summed E-state index contributed by atoms with van der Waals surface area (Å²) in [4.78, 5) is 14.3. The van der Waals surface area contributed by atoms with E-state index in [2.05, 4.69) is 15.5 Å². The lowest BCUT2D eigenvalue weighted by molar-refractivity contribution is -0.129. The maximum absolute atomic E-state index is 12.7. The number of nitrogens with zero attached hydrogens (tertiary/aromatic N) is 4. The van der Waals surface area contributed by atoms with Crippen LogP contribution in [0.1, 0.15) is 5.56 Å². The minimum Gasteiger partial charge on any atom is -0.339 e. The van der Waals surface area contributed by atoms with Gasteiger partial charge in [0, 0.05) is 31.9 Å². The molecule has 1 fully saturated rings. The first kappa shape index (κ1) is 22.7. The molecule has 0 unspecified atom stereocenters. The van der Waals surface area contributed by atoms with E-state index < -0.39 is 10.0 Å². The van der Waals surface area contributed by atoms with Crippen LogP contribution < -0.4 is 5.32 Å². The minimum atomic E-state index is -3.40. The maximum Gasteiger partial charge on any atom is 0.233 e. The molecule has 2 heterocycles. The summed E-state index contributed by atoms with van der Waals surface area (Å²) in [6.45, 7) is 1.42. The van der Waals surface area contributed by atoms with Crippen LogP contribution in [0.5, 0.6) is 0 Å². The number of sulfonamides is 1. The van der Waals surface area contributed by atoms with Crippen LogP contribution in [0.2, 0.25) is 0 Å². The van der Waals surface area contributed by atoms with Crippen molar-refractivity contribution in [1.82, 2.24) is 19.4 Å². The van der Waals surface area contributed by atoms with Gasteiger partial charge in [0.15, 0.2) is 4.34 Å². The first-order valence-electron chi connectivity index (χ1n) is 10.1. The number of rotatable bonds is 8. The lowest BCUT2D eigenvalue weighted by Crippen LogP contribution is -2.51. The second-order valence-electron chi connectivity index (χ2n) is 7.17. The van der Waals surface area contributed by atoms with Gasteiger partial charge in [-0.05, 0) is 17.7 Å². The standard InChI is InChI=1S/C21H23N5O3S3/c27-19(15-30-21-24-23-20(31-21)22-18-9-5-2-6-10-18)25-11-13-26(14-12-25)32(28,29)16-17-7-3-1-4-8-17/h1-10H,11-16H2,(H,22,23). The van der Waals surface area contributed by atoms with E-state index in [9.17, 15) is 13.2 Å². The van der Waals surface area contributed by atoms with Crippen molar-refractivity contribution in [3.63, 3.8) is 0 Å². The number of nitrogens with one attached hydrogen (secondary N) is 1. The number of hydrogen-bond donors (Lipinski definition) is 1. The third-order valence-electron chi connectivity index (χ3n) is 4.93. The van der Waals surface area contributed by atoms with Crippen LogP contribution in [0.3, 0.4) is 0 Å². The number of carbonyl (C=O) groups excluding carboxylic acids is 1. The number of benzene rings is 2. The number of carbonyl (C=O) groups is 1. The Morgan fingerprint density at radius 1 is 0.969 bits per heavy atom. The first-order valence-corrected chi connectivity index (χ1v) is 13.5. The second kappa shape index (κ2) is 10.4. The van der Waals surface area contributed by atoms with Gasteiger partial charge in [-0.1, -0.05) is 71.6 Å². The summed E-state index contributed by atoms with van der Waals surface area (Å²) in [6.07, 6.45) is 0. The zero-order chi connectivity index (χ0) is 22.4. The van der Waals surface area contributed by atoms with Gasteiger partial charge in [0.05, 0.1) is 11.5 Å². The van der Waals surface area contributed by atoms with Crippen molar-refractivity contribution in [1.29, 1.82) is 0 Å². The Hall–Kier alpha value is -2.47. The molecule has 1 aliphatic heterocycles. The summed E-state index contributed by atoms with van der Waals surface area (Å²) in [5, 5.41) is 12.1. The predicted octanol–water partition coefficient (Wildman–Crippen LogP) is 3.05. The number of piperazine rings is 1. The quantitative estimate of drug-likeness (QED) is 0.486. The molecule has 0 bridgehead atoms. The Bertz CT molecular complexity index is 1130. The molecule has 0 atom stereocenters. The Labute approximate surface area is 195 Å². The molecule has 2 aromatic carbocycles. The van der Waals surface area contributed by atoms with E-state index in [1.54, 1.807) is 4.90 Å². The fourth-order valence-electron chi connectivity index (χ4n) is 3.27. The summed E-state index contributed by atoms with van der Waals surface area (Å²) in [6, 6.07) is 18.8. The molecule has 0 radical (unpaired) electrons. The van der Waals surface area contributed by atoms with E-state index >= 15 is 0 Å². The third kappa shape index (κ3) is 6.06. The van der Waals surface area contributed by atoms with Gasteiger partial charge in [0.25, 0.3) is 0 Å². The molecular formula is C21H23N5O3S3. The molecule has 3 aromatic rings. The van der Waals surface area contributed by atoms with Gasteiger partial charge in [0.1, 0.15) is 0 Å². The largest absolute Gasteiger partial charge is 0.339 e. The molecule has 1 saturated heterocycles. The van der Waals surface area contributed by atoms with E-state index in [-0.39, 0.29) is 17.4 Å². The van der Waals surface area contributed by atoms with Crippen LogP contribution in [0.15, 0.2) is 65.0 Å². The minimum absolute atomic E-state index is 0.0198. The zero-order valence-corrected chi connectivity index (χ0v) is 19.7. The summed E-state index contributed by atoms with van der Waals surface area (Å²) in [5.41, 5.74) is 1.69. The van der Waals surface area contributed by atoms with E-state index in [4.69, 9.17) is 0 Å². The molecule has 1 aliphatic rings. The molecular weight excluding hydrogens is 466 g/mol. The Balaban J connectivity index is 1.23. The molecule has 11 heteroatoms. The molecule has 0 saturated carbocycles. The Morgan fingerprint density at radius 3 is 2.31 bits per heavy atom. The maximum atomic E-state index is 12.7. The van der Waals surface area contributed by atoms with Crippen LogP contribution in [-0.2, 0) is 20.6 Å². The van der Waals surface area contributed by atoms with Crippen molar-refractivity contribution < 1.29 is 13.2 Å². The summed E-state index contributed by atoms with van der Waals surface area (Å²) >= 11 is 2.74. The van der Waals surface area contributed by atoms with Crippen molar-refractivity contribution in [2.24, 2.45) is 0 Å². The van der Waals surface area contributed by atoms with Crippen molar-refractivity contribution in [3.8, 4) is 0 Å². The Kier molecular flexibility index (Phi) is 7.40. The van der Waals surface area contributed by atoms with Crippen molar-refractivity contribution in [2.45, 2.75) is 10.1 Å². The molecule has 1 aromatic heterocycles. The number of amides is 1. The number of hydrogen-bond acceptors (Lipinski definition) is 8. The van der Waals surface area contributed by atoms with Crippen molar-refractivity contribution in [3.05, 3.63) is 66.2 Å². The molecule has 168 valence electrons.